The van der Waals surface area contributed by atoms with Crippen LogP contribution >= 0.6 is 11.6 Å². The molecule has 0 atom stereocenters. The molecule has 0 aliphatic rings. The molecule has 19 heavy (non-hydrogen) atoms. The maximum atomic E-state index is 11.6. The third kappa shape index (κ3) is 6.40. The zero-order chi connectivity index (χ0) is 14.3. The second kappa shape index (κ2) is 7.31. The van der Waals surface area contributed by atoms with Crippen molar-refractivity contribution >= 4 is 23.3 Å². The zero-order valence-corrected chi connectivity index (χ0v) is 12.0. The highest BCUT2D eigenvalue weighted by Gasteiger charge is 2.15. The second-order valence-corrected chi connectivity index (χ2v) is 5.56. The van der Waals surface area contributed by atoms with E-state index in [1.54, 1.807) is 12.1 Å². The first-order valence-electron chi connectivity index (χ1n) is 6.20. The van der Waals surface area contributed by atoms with Crippen LogP contribution in [0.2, 0.25) is 5.15 Å². The van der Waals surface area contributed by atoms with Gasteiger partial charge in [-0.05, 0) is 30.4 Å². The van der Waals surface area contributed by atoms with Gasteiger partial charge in [-0.2, -0.15) is 0 Å². The Hall–Kier alpha value is -1.33. The number of urea groups is 1. The van der Waals surface area contributed by atoms with Crippen LogP contribution in [0.25, 0.3) is 0 Å². The Labute approximate surface area is 118 Å². The fourth-order valence-corrected chi connectivity index (χ4v) is 1.68. The first-order chi connectivity index (χ1) is 8.93. The summed E-state index contributed by atoms with van der Waals surface area (Å²) in [6.07, 6.45) is 3.20. The summed E-state index contributed by atoms with van der Waals surface area (Å²) in [7, 11) is 0. The Bertz CT molecular complexity index is 424. The van der Waals surface area contributed by atoms with Crippen LogP contribution in [0.5, 0.6) is 0 Å². The summed E-state index contributed by atoms with van der Waals surface area (Å²) in [5.41, 5.74) is 0.504. The molecule has 0 aliphatic carbocycles. The van der Waals surface area contributed by atoms with Crippen LogP contribution in [0, 0.1) is 5.41 Å². The molecule has 1 heterocycles. The zero-order valence-electron chi connectivity index (χ0n) is 11.2. The van der Waals surface area contributed by atoms with Gasteiger partial charge in [0.25, 0.3) is 0 Å². The molecular formula is C13H20ClN3O2. The van der Waals surface area contributed by atoms with Crippen molar-refractivity contribution in [3.8, 4) is 0 Å². The van der Waals surface area contributed by atoms with Gasteiger partial charge in [-0.25, -0.2) is 9.78 Å². The molecule has 0 aromatic carbocycles. The van der Waals surface area contributed by atoms with Gasteiger partial charge in [0.15, 0.2) is 0 Å². The number of carbonyl (C=O) groups excluding carboxylic acids is 1. The third-order valence-electron chi connectivity index (χ3n) is 2.73. The number of pyridine rings is 1. The number of amides is 2. The molecule has 5 nitrogen and oxygen atoms in total. The van der Waals surface area contributed by atoms with Crippen molar-refractivity contribution in [3.63, 3.8) is 0 Å². The molecule has 0 aliphatic heterocycles. The highest BCUT2D eigenvalue weighted by Crippen LogP contribution is 2.20. The lowest BCUT2D eigenvalue weighted by molar-refractivity contribution is 0.148. The summed E-state index contributed by atoms with van der Waals surface area (Å²) in [6, 6.07) is 2.97. The molecule has 0 bridgehead atoms. The number of anilines is 1. The lowest BCUT2D eigenvalue weighted by Crippen LogP contribution is -2.30. The monoisotopic (exact) mass is 285 g/mol. The van der Waals surface area contributed by atoms with E-state index in [1.165, 1.54) is 6.20 Å². The van der Waals surface area contributed by atoms with Crippen molar-refractivity contribution in [2.24, 2.45) is 5.41 Å². The minimum absolute atomic E-state index is 0.100. The van der Waals surface area contributed by atoms with Crippen molar-refractivity contribution in [1.82, 2.24) is 10.3 Å². The fourth-order valence-electron chi connectivity index (χ4n) is 1.50. The van der Waals surface area contributed by atoms with Gasteiger partial charge in [0.05, 0.1) is 0 Å². The van der Waals surface area contributed by atoms with Crippen LogP contribution in [0.15, 0.2) is 18.3 Å². The Balaban J connectivity index is 2.25. The van der Waals surface area contributed by atoms with E-state index in [9.17, 15) is 4.79 Å². The highest BCUT2D eigenvalue weighted by atomic mass is 35.5. The minimum atomic E-state index is -0.274. The lowest BCUT2D eigenvalue weighted by atomic mass is 9.89. The van der Waals surface area contributed by atoms with E-state index in [0.29, 0.717) is 17.4 Å². The van der Waals surface area contributed by atoms with Crippen molar-refractivity contribution in [2.75, 3.05) is 18.5 Å². The van der Waals surface area contributed by atoms with E-state index in [2.05, 4.69) is 15.6 Å². The van der Waals surface area contributed by atoms with Crippen LogP contribution < -0.4 is 10.6 Å². The van der Waals surface area contributed by atoms with Crippen molar-refractivity contribution < 1.29 is 9.90 Å². The van der Waals surface area contributed by atoms with E-state index in [4.69, 9.17) is 16.7 Å². The maximum Gasteiger partial charge on any atom is 0.319 e. The van der Waals surface area contributed by atoms with Crippen molar-refractivity contribution in [1.29, 1.82) is 0 Å². The number of aromatic nitrogens is 1. The molecule has 0 saturated carbocycles. The van der Waals surface area contributed by atoms with Crippen molar-refractivity contribution in [2.45, 2.75) is 26.7 Å². The number of aliphatic hydroxyl groups excluding tert-OH is 1. The molecule has 0 spiro atoms. The first-order valence-corrected chi connectivity index (χ1v) is 6.58. The Morgan fingerprint density at radius 1 is 1.53 bits per heavy atom. The lowest BCUT2D eigenvalue weighted by Gasteiger charge is -2.21. The van der Waals surface area contributed by atoms with Crippen molar-refractivity contribution in [3.05, 3.63) is 23.5 Å². The predicted molar refractivity (Wildman–Crippen MR) is 76.4 cm³/mol. The molecule has 106 valence electrons. The van der Waals surface area contributed by atoms with Crippen LogP contribution in [-0.4, -0.2) is 29.3 Å². The predicted octanol–water partition coefficient (Wildman–Crippen LogP) is 2.66. The van der Waals surface area contributed by atoms with Gasteiger partial charge in [-0.1, -0.05) is 25.4 Å². The van der Waals surface area contributed by atoms with Crippen LogP contribution in [-0.2, 0) is 0 Å². The smallest absolute Gasteiger partial charge is 0.319 e. The summed E-state index contributed by atoms with van der Waals surface area (Å²) in [5, 5.41) is 14.9. The summed E-state index contributed by atoms with van der Waals surface area (Å²) < 4.78 is 0. The molecule has 1 rings (SSSR count). The van der Waals surface area contributed by atoms with Gasteiger partial charge < -0.3 is 15.7 Å². The van der Waals surface area contributed by atoms with Gasteiger partial charge in [0.2, 0.25) is 0 Å². The third-order valence-corrected chi connectivity index (χ3v) is 2.94. The minimum Gasteiger partial charge on any atom is -0.396 e. The Morgan fingerprint density at radius 3 is 2.89 bits per heavy atom. The average molecular weight is 286 g/mol. The normalized spacial score (nSPS) is 11.2. The van der Waals surface area contributed by atoms with E-state index in [0.717, 1.165) is 12.8 Å². The van der Waals surface area contributed by atoms with E-state index >= 15 is 0 Å². The topological polar surface area (TPSA) is 74.2 Å². The SMILES string of the molecule is CC(C)(CO)CCCNC(=O)Nc1ccnc(Cl)c1. The number of nitrogens with zero attached hydrogens (tertiary/aromatic N) is 1. The molecule has 6 heteroatoms. The summed E-state index contributed by atoms with van der Waals surface area (Å²) >= 11 is 5.71. The quantitative estimate of drug-likeness (QED) is 0.556. The van der Waals surface area contributed by atoms with Crippen LogP contribution in [0.4, 0.5) is 10.5 Å². The van der Waals surface area contributed by atoms with Crippen LogP contribution in [0.3, 0.4) is 0 Å². The second-order valence-electron chi connectivity index (χ2n) is 5.17. The Morgan fingerprint density at radius 2 is 2.26 bits per heavy atom. The highest BCUT2D eigenvalue weighted by molar-refractivity contribution is 6.29. The van der Waals surface area contributed by atoms with Crippen LogP contribution in [0.1, 0.15) is 26.7 Å². The molecule has 1 aromatic rings. The van der Waals surface area contributed by atoms with Gasteiger partial charge in [0, 0.05) is 25.0 Å². The summed E-state index contributed by atoms with van der Waals surface area (Å²) in [6.45, 7) is 4.70. The largest absolute Gasteiger partial charge is 0.396 e. The number of aliphatic hydroxyl groups is 1. The molecule has 0 unspecified atom stereocenters. The average Bonchev–Trinajstić information content (AvgIpc) is 2.35. The van der Waals surface area contributed by atoms with Gasteiger partial charge in [-0.3, -0.25) is 0 Å². The standard InChI is InChI=1S/C13H20ClN3O2/c1-13(2,9-18)5-3-6-16-12(19)17-10-4-7-15-11(14)8-10/h4,7-8,18H,3,5-6,9H2,1-2H3,(H2,15,16,17,19). The molecule has 3 N–H and O–H groups in total. The van der Waals surface area contributed by atoms with E-state index in [-0.39, 0.29) is 18.1 Å². The fraction of sp³-hybridized carbons (Fsp3) is 0.538. The van der Waals surface area contributed by atoms with Gasteiger partial charge >= 0.3 is 6.03 Å². The molecule has 1 aromatic heterocycles. The maximum absolute atomic E-state index is 11.6. The first kappa shape index (κ1) is 15.7. The van der Waals surface area contributed by atoms with Gasteiger partial charge in [-0.15, -0.1) is 0 Å². The molecule has 0 saturated heterocycles. The number of hydrogen-bond acceptors (Lipinski definition) is 3. The summed E-state index contributed by atoms with van der Waals surface area (Å²) in [4.78, 5) is 15.4. The molecular weight excluding hydrogens is 266 g/mol. The molecule has 2 amide bonds. The number of halogens is 1. The Kier molecular flexibility index (Phi) is 6.05. The number of carbonyl (C=O) groups is 1. The summed E-state index contributed by atoms with van der Waals surface area (Å²) in [5.74, 6) is 0. The number of nitrogens with one attached hydrogen (secondary N) is 2. The number of rotatable bonds is 6. The molecule has 0 radical (unpaired) electrons. The number of hydrogen-bond donors (Lipinski definition) is 3. The van der Waals surface area contributed by atoms with Gasteiger partial charge in [0.1, 0.15) is 5.15 Å². The molecule has 0 fully saturated rings. The van der Waals surface area contributed by atoms with E-state index < -0.39 is 0 Å². The van der Waals surface area contributed by atoms with E-state index in [1.807, 2.05) is 13.8 Å².